The van der Waals surface area contributed by atoms with Gasteiger partial charge in [0.2, 0.25) is 0 Å². The lowest BCUT2D eigenvalue weighted by atomic mass is 10.3. The Morgan fingerprint density at radius 3 is 2.52 bits per heavy atom. The third-order valence-corrected chi connectivity index (χ3v) is 3.92. The Balaban J connectivity index is 1.46. The number of hydrogen-bond donors (Lipinski definition) is 0. The van der Waals surface area contributed by atoms with Crippen LogP contribution in [-0.2, 0) is 9.53 Å². The van der Waals surface area contributed by atoms with Gasteiger partial charge in [-0.3, -0.25) is 9.78 Å². The average Bonchev–Trinajstić information content (AvgIpc) is 2.67. The van der Waals surface area contributed by atoms with Crippen LogP contribution in [0.15, 0.2) is 36.8 Å². The predicted octanol–water partition coefficient (Wildman–Crippen LogP) is 0.686. The molecule has 3 rings (SSSR count). The van der Waals surface area contributed by atoms with Crippen LogP contribution >= 0.6 is 0 Å². The zero-order chi connectivity index (χ0) is 17.6. The molecule has 0 atom stereocenters. The molecule has 0 N–H and O–H groups in total. The van der Waals surface area contributed by atoms with E-state index in [0.717, 1.165) is 5.82 Å². The minimum Gasteiger partial charge on any atom is -0.451 e. The SMILES string of the molecule is Cc1cnc(C(=O)OCC(=O)N2CCN(c3ccccn3)CC2)cn1. The molecule has 0 aliphatic carbocycles. The largest absolute Gasteiger partial charge is 0.451 e. The maximum atomic E-state index is 12.2. The number of aryl methyl sites for hydroxylation is 1. The van der Waals surface area contributed by atoms with Crippen molar-refractivity contribution in [2.75, 3.05) is 37.7 Å². The van der Waals surface area contributed by atoms with Gasteiger partial charge in [-0.05, 0) is 19.1 Å². The summed E-state index contributed by atoms with van der Waals surface area (Å²) in [6.07, 6.45) is 4.57. The molecule has 8 nitrogen and oxygen atoms in total. The number of rotatable bonds is 4. The average molecular weight is 341 g/mol. The zero-order valence-electron chi connectivity index (χ0n) is 14.0. The molecule has 1 amide bonds. The number of amides is 1. The van der Waals surface area contributed by atoms with Gasteiger partial charge < -0.3 is 14.5 Å². The lowest BCUT2D eigenvalue weighted by Crippen LogP contribution is -2.50. The highest BCUT2D eigenvalue weighted by atomic mass is 16.5. The fourth-order valence-electron chi connectivity index (χ4n) is 2.52. The van der Waals surface area contributed by atoms with E-state index in [1.54, 1.807) is 18.0 Å². The van der Waals surface area contributed by atoms with Crippen molar-refractivity contribution in [1.82, 2.24) is 19.9 Å². The molecular formula is C17H19N5O3. The van der Waals surface area contributed by atoms with Crippen molar-refractivity contribution in [2.45, 2.75) is 6.92 Å². The number of nitrogens with zero attached hydrogens (tertiary/aromatic N) is 5. The monoisotopic (exact) mass is 341 g/mol. The van der Waals surface area contributed by atoms with Crippen LogP contribution in [0.4, 0.5) is 5.82 Å². The third-order valence-electron chi connectivity index (χ3n) is 3.92. The number of hydrogen-bond acceptors (Lipinski definition) is 7. The van der Waals surface area contributed by atoms with Crippen molar-refractivity contribution >= 4 is 17.7 Å². The Hall–Kier alpha value is -3.03. The lowest BCUT2D eigenvalue weighted by Gasteiger charge is -2.35. The highest BCUT2D eigenvalue weighted by Crippen LogP contribution is 2.12. The van der Waals surface area contributed by atoms with Crippen LogP contribution in [0.25, 0.3) is 0 Å². The minimum absolute atomic E-state index is 0.0957. The van der Waals surface area contributed by atoms with Crippen molar-refractivity contribution in [1.29, 1.82) is 0 Å². The fourth-order valence-corrected chi connectivity index (χ4v) is 2.52. The Morgan fingerprint density at radius 1 is 1.08 bits per heavy atom. The molecule has 1 fully saturated rings. The standard InChI is InChI=1S/C17H19N5O3/c1-13-10-20-14(11-19-13)17(24)25-12-16(23)22-8-6-21(7-9-22)15-4-2-3-5-18-15/h2-5,10-11H,6-9,12H2,1H3. The maximum absolute atomic E-state index is 12.2. The molecule has 0 unspecified atom stereocenters. The minimum atomic E-state index is -0.645. The van der Waals surface area contributed by atoms with Crippen molar-refractivity contribution in [2.24, 2.45) is 0 Å². The molecule has 130 valence electrons. The topological polar surface area (TPSA) is 88.5 Å². The first-order valence-electron chi connectivity index (χ1n) is 8.03. The number of pyridine rings is 1. The summed E-state index contributed by atoms with van der Waals surface area (Å²) in [6, 6.07) is 5.76. The molecule has 0 aromatic carbocycles. The van der Waals surface area contributed by atoms with E-state index in [1.165, 1.54) is 12.4 Å². The Labute approximate surface area is 145 Å². The van der Waals surface area contributed by atoms with E-state index >= 15 is 0 Å². The van der Waals surface area contributed by atoms with Crippen LogP contribution in [0.3, 0.4) is 0 Å². The van der Waals surface area contributed by atoms with E-state index in [2.05, 4.69) is 19.9 Å². The maximum Gasteiger partial charge on any atom is 0.359 e. The van der Waals surface area contributed by atoms with Crippen LogP contribution in [0, 0.1) is 6.92 Å². The molecule has 2 aromatic heterocycles. The van der Waals surface area contributed by atoms with Gasteiger partial charge in [0.25, 0.3) is 5.91 Å². The summed E-state index contributed by atoms with van der Waals surface area (Å²) in [7, 11) is 0. The highest BCUT2D eigenvalue weighted by Gasteiger charge is 2.23. The summed E-state index contributed by atoms with van der Waals surface area (Å²) < 4.78 is 5.04. The molecule has 1 saturated heterocycles. The van der Waals surface area contributed by atoms with E-state index in [1.807, 2.05) is 18.2 Å². The molecule has 3 heterocycles. The highest BCUT2D eigenvalue weighted by molar-refractivity contribution is 5.89. The Bertz CT molecular complexity index is 728. The van der Waals surface area contributed by atoms with Gasteiger partial charge in [-0.15, -0.1) is 0 Å². The summed E-state index contributed by atoms with van der Waals surface area (Å²) in [5.41, 5.74) is 0.803. The van der Waals surface area contributed by atoms with Gasteiger partial charge in [0.1, 0.15) is 5.82 Å². The first kappa shape index (κ1) is 16.8. The molecule has 8 heteroatoms. The van der Waals surface area contributed by atoms with Crippen molar-refractivity contribution in [3.63, 3.8) is 0 Å². The lowest BCUT2D eigenvalue weighted by molar-refractivity contribution is -0.134. The van der Waals surface area contributed by atoms with Crippen LogP contribution < -0.4 is 4.90 Å². The number of carbonyl (C=O) groups excluding carboxylic acids is 2. The molecule has 0 saturated carbocycles. The van der Waals surface area contributed by atoms with Gasteiger partial charge in [0.05, 0.1) is 11.9 Å². The van der Waals surface area contributed by atoms with Crippen LogP contribution in [0.1, 0.15) is 16.2 Å². The first-order valence-corrected chi connectivity index (χ1v) is 8.03. The van der Waals surface area contributed by atoms with Gasteiger partial charge >= 0.3 is 5.97 Å². The third kappa shape index (κ3) is 4.28. The molecular weight excluding hydrogens is 322 g/mol. The van der Waals surface area contributed by atoms with Crippen molar-refractivity contribution in [3.8, 4) is 0 Å². The number of carbonyl (C=O) groups is 2. The fraction of sp³-hybridized carbons (Fsp3) is 0.353. The summed E-state index contributed by atoms with van der Waals surface area (Å²) in [5.74, 6) is 0.0426. The van der Waals surface area contributed by atoms with E-state index in [9.17, 15) is 9.59 Å². The zero-order valence-corrected chi connectivity index (χ0v) is 14.0. The molecule has 2 aromatic rings. The van der Waals surface area contributed by atoms with Gasteiger partial charge in [0, 0.05) is 38.6 Å². The predicted molar refractivity (Wildman–Crippen MR) is 90.1 cm³/mol. The van der Waals surface area contributed by atoms with Crippen molar-refractivity contribution in [3.05, 3.63) is 48.2 Å². The van der Waals surface area contributed by atoms with E-state index in [4.69, 9.17) is 4.74 Å². The number of aromatic nitrogens is 3. The number of ether oxygens (including phenoxy) is 1. The second kappa shape index (κ2) is 7.69. The molecule has 1 aliphatic heterocycles. The summed E-state index contributed by atoms with van der Waals surface area (Å²) >= 11 is 0. The second-order valence-electron chi connectivity index (χ2n) is 5.67. The quantitative estimate of drug-likeness (QED) is 0.756. The Kier molecular flexibility index (Phi) is 5.17. The molecule has 0 radical (unpaired) electrons. The normalized spacial score (nSPS) is 14.3. The molecule has 0 bridgehead atoms. The van der Waals surface area contributed by atoms with Crippen LogP contribution in [0.5, 0.6) is 0 Å². The molecule has 1 aliphatic rings. The van der Waals surface area contributed by atoms with Gasteiger partial charge in [-0.2, -0.15) is 0 Å². The van der Waals surface area contributed by atoms with Crippen molar-refractivity contribution < 1.29 is 14.3 Å². The second-order valence-corrected chi connectivity index (χ2v) is 5.67. The van der Waals surface area contributed by atoms with Crippen LogP contribution in [-0.4, -0.2) is 64.5 Å². The van der Waals surface area contributed by atoms with Gasteiger partial charge in [0.15, 0.2) is 12.3 Å². The smallest absolute Gasteiger partial charge is 0.359 e. The molecule has 0 spiro atoms. The summed E-state index contributed by atoms with van der Waals surface area (Å²) in [5, 5.41) is 0. The van der Waals surface area contributed by atoms with Gasteiger partial charge in [-0.1, -0.05) is 6.07 Å². The van der Waals surface area contributed by atoms with Gasteiger partial charge in [-0.25, -0.2) is 14.8 Å². The number of esters is 1. The first-order chi connectivity index (χ1) is 12.1. The summed E-state index contributed by atoms with van der Waals surface area (Å²) in [6.45, 7) is 4.00. The van der Waals surface area contributed by atoms with E-state index < -0.39 is 5.97 Å². The van der Waals surface area contributed by atoms with E-state index in [-0.39, 0.29) is 18.2 Å². The number of piperazine rings is 1. The summed E-state index contributed by atoms with van der Waals surface area (Å²) in [4.78, 5) is 40.1. The van der Waals surface area contributed by atoms with E-state index in [0.29, 0.717) is 31.9 Å². The van der Waals surface area contributed by atoms with Crippen LogP contribution in [0.2, 0.25) is 0 Å². The molecule has 25 heavy (non-hydrogen) atoms. The Morgan fingerprint density at radius 2 is 1.88 bits per heavy atom. The number of anilines is 1.